The molecular weight excluding hydrogens is 268 g/mol. The molecule has 3 N–H and O–H groups in total. The summed E-state index contributed by atoms with van der Waals surface area (Å²) < 4.78 is 9.95. The van der Waals surface area contributed by atoms with E-state index in [-0.39, 0.29) is 23.6 Å². The molecule has 0 atom stereocenters. The Morgan fingerprint density at radius 1 is 1.50 bits per heavy atom. The molecular formula is C11H16N4O5. The summed E-state index contributed by atoms with van der Waals surface area (Å²) in [6, 6.07) is 1.09. The fourth-order valence-electron chi connectivity index (χ4n) is 1.32. The van der Waals surface area contributed by atoms with Crippen molar-refractivity contribution in [3.05, 3.63) is 27.9 Å². The van der Waals surface area contributed by atoms with Gasteiger partial charge in [0, 0.05) is 19.7 Å². The van der Waals surface area contributed by atoms with Crippen LogP contribution in [0.5, 0.6) is 0 Å². The molecule has 0 aliphatic heterocycles. The van der Waals surface area contributed by atoms with Crippen LogP contribution in [0.25, 0.3) is 0 Å². The largest absolute Gasteiger partial charge is 0.383 e. The van der Waals surface area contributed by atoms with Crippen molar-refractivity contribution < 1.29 is 19.2 Å². The monoisotopic (exact) mass is 284 g/mol. The van der Waals surface area contributed by atoms with Crippen LogP contribution in [-0.4, -0.2) is 49.3 Å². The van der Waals surface area contributed by atoms with Gasteiger partial charge in [-0.15, -0.1) is 0 Å². The molecule has 0 aliphatic carbocycles. The molecule has 0 bridgehead atoms. The van der Waals surface area contributed by atoms with Crippen molar-refractivity contribution in [2.45, 2.75) is 0 Å². The summed E-state index contributed by atoms with van der Waals surface area (Å²) in [7, 11) is 1.56. The molecule has 1 rings (SSSR count). The summed E-state index contributed by atoms with van der Waals surface area (Å²) in [5, 5.41) is 13.1. The van der Waals surface area contributed by atoms with Gasteiger partial charge in [-0.3, -0.25) is 14.9 Å². The van der Waals surface area contributed by atoms with E-state index in [4.69, 9.17) is 15.2 Å². The highest BCUT2D eigenvalue weighted by atomic mass is 16.6. The maximum Gasteiger partial charge on any atom is 0.288 e. The molecule has 0 saturated heterocycles. The Balaban J connectivity index is 2.50. The molecule has 0 saturated carbocycles. The Morgan fingerprint density at radius 2 is 2.25 bits per heavy atom. The maximum absolute atomic E-state index is 11.8. The minimum atomic E-state index is -0.642. The minimum absolute atomic E-state index is 0.0314. The van der Waals surface area contributed by atoms with Gasteiger partial charge in [0.15, 0.2) is 0 Å². The van der Waals surface area contributed by atoms with Gasteiger partial charge < -0.3 is 20.5 Å². The minimum Gasteiger partial charge on any atom is -0.383 e. The van der Waals surface area contributed by atoms with Gasteiger partial charge in [0.1, 0.15) is 12.0 Å². The average Bonchev–Trinajstić information content (AvgIpc) is 2.42. The predicted molar refractivity (Wildman–Crippen MR) is 70.3 cm³/mol. The second-order valence-electron chi connectivity index (χ2n) is 3.74. The third-order valence-corrected chi connectivity index (χ3v) is 2.32. The van der Waals surface area contributed by atoms with Crippen molar-refractivity contribution in [1.29, 1.82) is 0 Å². The Kier molecular flexibility index (Phi) is 6.33. The third-order valence-electron chi connectivity index (χ3n) is 2.32. The fraction of sp³-hybridized carbons (Fsp3) is 0.455. The molecule has 1 aromatic rings. The van der Waals surface area contributed by atoms with Gasteiger partial charge in [0.25, 0.3) is 11.6 Å². The van der Waals surface area contributed by atoms with Crippen LogP contribution in [0.3, 0.4) is 0 Å². The molecule has 20 heavy (non-hydrogen) atoms. The Labute approximate surface area is 115 Å². The molecule has 9 nitrogen and oxygen atoms in total. The average molecular weight is 284 g/mol. The molecule has 0 unspecified atom stereocenters. The van der Waals surface area contributed by atoms with E-state index in [9.17, 15) is 14.9 Å². The van der Waals surface area contributed by atoms with Crippen molar-refractivity contribution in [2.24, 2.45) is 0 Å². The summed E-state index contributed by atoms with van der Waals surface area (Å²) >= 11 is 0. The van der Waals surface area contributed by atoms with E-state index in [1.54, 1.807) is 7.11 Å². The van der Waals surface area contributed by atoms with E-state index in [1.807, 2.05) is 0 Å². The van der Waals surface area contributed by atoms with Gasteiger partial charge in [0.05, 0.1) is 30.3 Å². The number of nitro groups is 1. The van der Waals surface area contributed by atoms with Crippen LogP contribution in [-0.2, 0) is 9.47 Å². The third kappa shape index (κ3) is 4.78. The van der Waals surface area contributed by atoms with Gasteiger partial charge in [-0.1, -0.05) is 0 Å². The number of hydrogen-bond acceptors (Lipinski definition) is 7. The lowest BCUT2D eigenvalue weighted by molar-refractivity contribution is -0.385. The number of rotatable bonds is 8. The van der Waals surface area contributed by atoms with Gasteiger partial charge in [-0.05, 0) is 0 Å². The van der Waals surface area contributed by atoms with E-state index in [0.717, 1.165) is 12.3 Å². The van der Waals surface area contributed by atoms with E-state index >= 15 is 0 Å². The first-order valence-electron chi connectivity index (χ1n) is 5.81. The first-order valence-corrected chi connectivity index (χ1v) is 5.81. The number of amides is 1. The van der Waals surface area contributed by atoms with E-state index in [0.29, 0.717) is 19.8 Å². The highest BCUT2D eigenvalue weighted by Gasteiger charge is 2.16. The lowest BCUT2D eigenvalue weighted by Gasteiger charge is -2.07. The highest BCUT2D eigenvalue weighted by molar-refractivity contribution is 5.98. The number of methoxy groups -OCH3 is 1. The summed E-state index contributed by atoms with van der Waals surface area (Å²) in [6.07, 6.45) is 1.000. The number of carbonyl (C=O) groups is 1. The van der Waals surface area contributed by atoms with Crippen molar-refractivity contribution in [3.63, 3.8) is 0 Å². The first kappa shape index (κ1) is 15.8. The maximum atomic E-state index is 11.8. The molecule has 110 valence electrons. The molecule has 9 heteroatoms. The van der Waals surface area contributed by atoms with Crippen LogP contribution in [0.1, 0.15) is 10.4 Å². The van der Waals surface area contributed by atoms with Crippen LogP contribution >= 0.6 is 0 Å². The van der Waals surface area contributed by atoms with E-state index in [2.05, 4.69) is 10.3 Å². The molecule has 1 aromatic heterocycles. The molecule has 0 fully saturated rings. The Morgan fingerprint density at radius 3 is 2.90 bits per heavy atom. The van der Waals surface area contributed by atoms with Crippen LogP contribution in [0, 0.1) is 10.1 Å². The zero-order valence-electron chi connectivity index (χ0n) is 11.0. The van der Waals surface area contributed by atoms with Crippen LogP contribution < -0.4 is 11.1 Å². The smallest absolute Gasteiger partial charge is 0.288 e. The Bertz CT molecular complexity index is 480. The highest BCUT2D eigenvalue weighted by Crippen LogP contribution is 2.16. The zero-order chi connectivity index (χ0) is 15.0. The molecule has 0 aromatic carbocycles. The van der Waals surface area contributed by atoms with Gasteiger partial charge in [0.2, 0.25) is 0 Å². The molecule has 0 aliphatic rings. The van der Waals surface area contributed by atoms with Gasteiger partial charge in [-0.25, -0.2) is 4.98 Å². The fourth-order valence-corrected chi connectivity index (χ4v) is 1.32. The molecule has 0 radical (unpaired) electrons. The summed E-state index contributed by atoms with van der Waals surface area (Å²) in [5.74, 6) is -0.595. The quantitative estimate of drug-likeness (QED) is 0.389. The lowest BCUT2D eigenvalue weighted by atomic mass is 10.2. The first-order chi connectivity index (χ1) is 9.56. The number of carbonyl (C=O) groups excluding carboxylic acids is 1. The normalized spacial score (nSPS) is 10.2. The van der Waals surface area contributed by atoms with Crippen molar-refractivity contribution >= 4 is 17.4 Å². The zero-order valence-corrected chi connectivity index (χ0v) is 11.0. The summed E-state index contributed by atoms with van der Waals surface area (Å²) in [5.41, 5.74) is 5.20. The summed E-state index contributed by atoms with van der Waals surface area (Å²) in [6.45, 7) is 1.45. The van der Waals surface area contributed by atoms with Crippen molar-refractivity contribution in [3.8, 4) is 0 Å². The number of pyridine rings is 1. The lowest BCUT2D eigenvalue weighted by Crippen LogP contribution is -2.28. The predicted octanol–water partition coefficient (Wildman–Crippen LogP) is -0.0352. The number of anilines is 1. The number of nitrogens with two attached hydrogens (primary N) is 1. The number of nitrogens with one attached hydrogen (secondary N) is 1. The van der Waals surface area contributed by atoms with Crippen LogP contribution in [0.4, 0.5) is 11.5 Å². The number of nitrogen functional groups attached to an aromatic ring is 1. The van der Waals surface area contributed by atoms with Crippen LogP contribution in [0.15, 0.2) is 12.3 Å². The number of nitrogens with zero attached hydrogens (tertiary/aromatic N) is 2. The van der Waals surface area contributed by atoms with E-state index in [1.165, 1.54) is 0 Å². The SMILES string of the molecule is COCCOCCNC(=O)c1cc([N+](=O)[O-])cnc1N. The summed E-state index contributed by atoms with van der Waals surface area (Å²) in [4.78, 5) is 25.4. The Hall–Kier alpha value is -2.26. The van der Waals surface area contributed by atoms with Gasteiger partial charge >= 0.3 is 0 Å². The second-order valence-corrected chi connectivity index (χ2v) is 3.74. The van der Waals surface area contributed by atoms with Crippen LogP contribution in [0.2, 0.25) is 0 Å². The van der Waals surface area contributed by atoms with E-state index < -0.39 is 10.8 Å². The molecule has 1 amide bonds. The number of ether oxygens (including phenoxy) is 2. The second kappa shape index (κ2) is 8.02. The van der Waals surface area contributed by atoms with Crippen molar-refractivity contribution in [2.75, 3.05) is 39.2 Å². The molecule has 0 spiro atoms. The standard InChI is InChI=1S/C11H16N4O5/c1-19-4-5-20-3-2-13-11(16)9-6-8(15(17)18)7-14-10(9)12/h6-7H,2-5H2,1H3,(H2,12,14)(H,13,16). The molecule has 1 heterocycles. The van der Waals surface area contributed by atoms with Crippen molar-refractivity contribution in [1.82, 2.24) is 10.3 Å². The van der Waals surface area contributed by atoms with Gasteiger partial charge in [-0.2, -0.15) is 0 Å². The number of aromatic nitrogens is 1. The topological polar surface area (TPSA) is 130 Å². The number of hydrogen-bond donors (Lipinski definition) is 2.